The first kappa shape index (κ1) is 11.2. The van der Waals surface area contributed by atoms with Gasteiger partial charge in [0.25, 0.3) is 0 Å². The van der Waals surface area contributed by atoms with Crippen molar-refractivity contribution in [1.82, 2.24) is 15.1 Å². The number of ether oxygens (including phenoxy) is 1. The second-order valence-corrected chi connectivity index (χ2v) is 3.39. The Labute approximate surface area is 85.3 Å². The first-order chi connectivity index (χ1) is 6.77. The zero-order valence-electron chi connectivity index (χ0n) is 9.16. The minimum atomic E-state index is 0.426. The van der Waals surface area contributed by atoms with Gasteiger partial charge in [-0.15, -0.1) is 0 Å². The van der Waals surface area contributed by atoms with E-state index < -0.39 is 0 Å². The predicted molar refractivity (Wildman–Crippen MR) is 56.0 cm³/mol. The molecule has 1 heterocycles. The van der Waals surface area contributed by atoms with E-state index >= 15 is 0 Å². The number of hydrogen-bond donors (Lipinski definition) is 1. The SMILES string of the molecule is CCC(COC)NCc1ccnn1C. The Morgan fingerprint density at radius 2 is 2.43 bits per heavy atom. The lowest BCUT2D eigenvalue weighted by atomic mass is 10.2. The molecule has 0 saturated heterocycles. The Balaban J connectivity index is 2.35. The molecule has 4 nitrogen and oxygen atoms in total. The number of nitrogens with one attached hydrogen (secondary N) is 1. The number of aryl methyl sites for hydroxylation is 1. The van der Waals surface area contributed by atoms with E-state index in [-0.39, 0.29) is 0 Å². The summed E-state index contributed by atoms with van der Waals surface area (Å²) in [6.45, 7) is 3.76. The van der Waals surface area contributed by atoms with Crippen molar-refractivity contribution < 1.29 is 4.74 Å². The molecule has 0 aliphatic carbocycles. The van der Waals surface area contributed by atoms with E-state index in [1.165, 1.54) is 5.69 Å². The van der Waals surface area contributed by atoms with Crippen molar-refractivity contribution in [3.05, 3.63) is 18.0 Å². The van der Waals surface area contributed by atoms with Crippen LogP contribution in [-0.4, -0.2) is 29.5 Å². The minimum Gasteiger partial charge on any atom is -0.383 e. The third kappa shape index (κ3) is 3.12. The quantitative estimate of drug-likeness (QED) is 0.737. The molecule has 1 atom stereocenters. The van der Waals surface area contributed by atoms with E-state index in [0.717, 1.165) is 19.6 Å². The van der Waals surface area contributed by atoms with Crippen LogP contribution in [0.15, 0.2) is 12.3 Å². The van der Waals surface area contributed by atoms with Crippen LogP contribution >= 0.6 is 0 Å². The van der Waals surface area contributed by atoms with Crippen molar-refractivity contribution in [3.63, 3.8) is 0 Å². The third-order valence-electron chi connectivity index (χ3n) is 2.35. The maximum atomic E-state index is 5.11. The molecule has 1 unspecified atom stereocenters. The number of nitrogens with zero attached hydrogens (tertiary/aromatic N) is 2. The number of rotatable bonds is 6. The molecule has 0 fully saturated rings. The molecule has 0 bridgehead atoms. The molecule has 0 radical (unpaired) electrons. The van der Waals surface area contributed by atoms with E-state index in [4.69, 9.17) is 4.74 Å². The topological polar surface area (TPSA) is 39.1 Å². The molecule has 0 aliphatic heterocycles. The van der Waals surface area contributed by atoms with Crippen molar-refractivity contribution in [1.29, 1.82) is 0 Å². The summed E-state index contributed by atoms with van der Waals surface area (Å²) in [5.74, 6) is 0. The van der Waals surface area contributed by atoms with Crippen LogP contribution < -0.4 is 5.32 Å². The normalized spacial score (nSPS) is 13.1. The molecule has 0 spiro atoms. The lowest BCUT2D eigenvalue weighted by molar-refractivity contribution is 0.163. The summed E-state index contributed by atoms with van der Waals surface area (Å²) in [6.07, 6.45) is 2.89. The van der Waals surface area contributed by atoms with Crippen LogP contribution in [0, 0.1) is 0 Å². The van der Waals surface area contributed by atoms with Crippen molar-refractivity contribution in [2.75, 3.05) is 13.7 Å². The van der Waals surface area contributed by atoms with Crippen LogP contribution in [0.1, 0.15) is 19.0 Å². The van der Waals surface area contributed by atoms with Gasteiger partial charge in [-0.3, -0.25) is 4.68 Å². The average molecular weight is 197 g/mol. The van der Waals surface area contributed by atoms with Gasteiger partial charge in [-0.1, -0.05) is 6.92 Å². The van der Waals surface area contributed by atoms with Crippen LogP contribution in [0.5, 0.6) is 0 Å². The zero-order valence-corrected chi connectivity index (χ0v) is 9.16. The number of hydrogen-bond acceptors (Lipinski definition) is 3. The largest absolute Gasteiger partial charge is 0.383 e. The second kappa shape index (κ2) is 5.78. The highest BCUT2D eigenvalue weighted by Gasteiger charge is 2.05. The van der Waals surface area contributed by atoms with Gasteiger partial charge in [0.1, 0.15) is 0 Å². The van der Waals surface area contributed by atoms with E-state index in [2.05, 4.69) is 17.3 Å². The van der Waals surface area contributed by atoms with Gasteiger partial charge in [-0.05, 0) is 12.5 Å². The Morgan fingerprint density at radius 1 is 1.64 bits per heavy atom. The van der Waals surface area contributed by atoms with E-state index in [1.807, 2.05) is 24.0 Å². The first-order valence-corrected chi connectivity index (χ1v) is 4.97. The fourth-order valence-electron chi connectivity index (χ4n) is 1.35. The second-order valence-electron chi connectivity index (χ2n) is 3.39. The van der Waals surface area contributed by atoms with Gasteiger partial charge in [-0.25, -0.2) is 0 Å². The molecule has 80 valence electrons. The van der Waals surface area contributed by atoms with Crippen molar-refractivity contribution >= 4 is 0 Å². The fourth-order valence-corrected chi connectivity index (χ4v) is 1.35. The van der Waals surface area contributed by atoms with Crippen LogP contribution in [-0.2, 0) is 18.3 Å². The highest BCUT2D eigenvalue weighted by atomic mass is 16.5. The minimum absolute atomic E-state index is 0.426. The summed E-state index contributed by atoms with van der Waals surface area (Å²) in [6, 6.07) is 2.45. The number of aromatic nitrogens is 2. The van der Waals surface area contributed by atoms with Gasteiger partial charge in [-0.2, -0.15) is 5.10 Å². The fraction of sp³-hybridized carbons (Fsp3) is 0.700. The summed E-state index contributed by atoms with van der Waals surface area (Å²) in [4.78, 5) is 0. The third-order valence-corrected chi connectivity index (χ3v) is 2.35. The molecule has 0 saturated carbocycles. The van der Waals surface area contributed by atoms with Gasteiger partial charge in [0.2, 0.25) is 0 Å². The maximum absolute atomic E-state index is 5.11. The van der Waals surface area contributed by atoms with Gasteiger partial charge in [0, 0.05) is 32.9 Å². The molecular formula is C10H19N3O. The summed E-state index contributed by atoms with van der Waals surface area (Å²) in [7, 11) is 3.68. The molecule has 1 rings (SSSR count). The lowest BCUT2D eigenvalue weighted by Crippen LogP contribution is -2.32. The molecule has 0 aromatic carbocycles. The van der Waals surface area contributed by atoms with E-state index in [1.54, 1.807) is 7.11 Å². The molecule has 1 N–H and O–H groups in total. The number of methoxy groups -OCH3 is 1. The molecule has 1 aromatic rings. The van der Waals surface area contributed by atoms with Gasteiger partial charge < -0.3 is 10.1 Å². The Morgan fingerprint density at radius 3 is 2.93 bits per heavy atom. The van der Waals surface area contributed by atoms with Crippen LogP contribution in [0.4, 0.5) is 0 Å². The Kier molecular flexibility index (Phi) is 4.62. The molecule has 0 amide bonds. The zero-order chi connectivity index (χ0) is 10.4. The summed E-state index contributed by atoms with van der Waals surface area (Å²) < 4.78 is 6.99. The predicted octanol–water partition coefficient (Wildman–Crippen LogP) is 0.935. The van der Waals surface area contributed by atoms with Gasteiger partial charge in [0.05, 0.1) is 12.3 Å². The summed E-state index contributed by atoms with van der Waals surface area (Å²) in [5.41, 5.74) is 1.19. The van der Waals surface area contributed by atoms with Crippen LogP contribution in [0.25, 0.3) is 0 Å². The Bertz CT molecular complexity index is 260. The smallest absolute Gasteiger partial charge is 0.0615 e. The standard InChI is InChI=1S/C10H19N3O/c1-4-9(8-14-3)11-7-10-5-6-12-13(10)2/h5-6,9,11H,4,7-8H2,1-3H3. The average Bonchev–Trinajstić information content (AvgIpc) is 2.59. The van der Waals surface area contributed by atoms with Crippen LogP contribution in [0.2, 0.25) is 0 Å². The van der Waals surface area contributed by atoms with E-state index in [0.29, 0.717) is 6.04 Å². The Hall–Kier alpha value is -0.870. The van der Waals surface area contributed by atoms with Gasteiger partial charge in [0.15, 0.2) is 0 Å². The molecular weight excluding hydrogens is 178 g/mol. The molecule has 0 aliphatic rings. The van der Waals surface area contributed by atoms with Crippen LogP contribution in [0.3, 0.4) is 0 Å². The molecule has 4 heteroatoms. The highest BCUT2D eigenvalue weighted by Crippen LogP contribution is 1.98. The van der Waals surface area contributed by atoms with Crippen molar-refractivity contribution in [2.45, 2.75) is 25.9 Å². The lowest BCUT2D eigenvalue weighted by Gasteiger charge is -2.15. The summed E-state index contributed by atoms with van der Waals surface area (Å²) in [5, 5.41) is 7.54. The van der Waals surface area contributed by atoms with Crippen molar-refractivity contribution in [2.24, 2.45) is 7.05 Å². The monoisotopic (exact) mass is 197 g/mol. The molecule has 1 aromatic heterocycles. The first-order valence-electron chi connectivity index (χ1n) is 4.97. The van der Waals surface area contributed by atoms with E-state index in [9.17, 15) is 0 Å². The summed E-state index contributed by atoms with van der Waals surface area (Å²) >= 11 is 0. The molecule has 14 heavy (non-hydrogen) atoms. The highest BCUT2D eigenvalue weighted by molar-refractivity contribution is 4.99. The van der Waals surface area contributed by atoms with Gasteiger partial charge >= 0.3 is 0 Å². The van der Waals surface area contributed by atoms with Crippen molar-refractivity contribution in [3.8, 4) is 0 Å². The maximum Gasteiger partial charge on any atom is 0.0615 e.